The number of carbonyl (C=O) groups excluding carboxylic acids is 3. The van der Waals surface area contributed by atoms with E-state index in [0.29, 0.717) is 17.3 Å². The van der Waals surface area contributed by atoms with E-state index in [9.17, 15) is 14.4 Å². The second-order valence-corrected chi connectivity index (χ2v) is 7.41. The Kier molecular flexibility index (Phi) is 7.94. The fraction of sp³-hybridized carbons (Fsp3) is 0.389. The molecule has 0 spiro atoms. The lowest BCUT2D eigenvalue weighted by atomic mass is 10.1. The van der Waals surface area contributed by atoms with Crippen LogP contribution in [0.4, 0.5) is 5.69 Å². The zero-order valence-corrected chi connectivity index (χ0v) is 17.7. The average molecular weight is 424 g/mol. The summed E-state index contributed by atoms with van der Waals surface area (Å²) in [6.07, 6.45) is 2.45. The van der Waals surface area contributed by atoms with Gasteiger partial charge in [0, 0.05) is 17.8 Å². The molecule has 2 aromatic rings. The van der Waals surface area contributed by atoms with Crippen molar-refractivity contribution in [1.29, 1.82) is 0 Å². The SMILES string of the molecule is COC(=O)c1sccc1NC(=O)COC(=O)CCc1c(C)nc(SC)nc1C. The molecule has 0 aromatic carbocycles. The molecule has 0 aliphatic heterocycles. The zero-order chi connectivity index (χ0) is 20.7. The molecule has 0 atom stereocenters. The third-order valence-corrected chi connectivity index (χ3v) is 5.28. The summed E-state index contributed by atoms with van der Waals surface area (Å²) < 4.78 is 9.66. The highest BCUT2D eigenvalue weighted by Gasteiger charge is 2.17. The number of nitrogens with one attached hydrogen (secondary N) is 1. The Morgan fingerprint density at radius 1 is 1.21 bits per heavy atom. The van der Waals surface area contributed by atoms with Crippen molar-refractivity contribution in [3.8, 4) is 0 Å². The number of nitrogens with zero attached hydrogens (tertiary/aromatic N) is 2. The van der Waals surface area contributed by atoms with Crippen LogP contribution in [0.15, 0.2) is 16.6 Å². The molecule has 28 heavy (non-hydrogen) atoms. The predicted molar refractivity (Wildman–Crippen MR) is 107 cm³/mol. The second kappa shape index (κ2) is 10.2. The number of esters is 2. The van der Waals surface area contributed by atoms with Crippen LogP contribution in [0, 0.1) is 13.8 Å². The molecule has 1 N–H and O–H groups in total. The number of carbonyl (C=O) groups is 3. The number of thioether (sulfide) groups is 1. The molecule has 0 radical (unpaired) electrons. The minimum absolute atomic E-state index is 0.114. The number of aryl methyl sites for hydroxylation is 2. The van der Waals surface area contributed by atoms with Crippen molar-refractivity contribution in [3.05, 3.63) is 33.3 Å². The van der Waals surface area contributed by atoms with Gasteiger partial charge in [0.05, 0.1) is 12.8 Å². The molecule has 1 amide bonds. The fourth-order valence-corrected chi connectivity index (χ4v) is 3.67. The lowest BCUT2D eigenvalue weighted by molar-refractivity contribution is -0.147. The zero-order valence-electron chi connectivity index (χ0n) is 16.0. The second-order valence-electron chi connectivity index (χ2n) is 5.72. The monoisotopic (exact) mass is 423 g/mol. The largest absolute Gasteiger partial charge is 0.465 e. The van der Waals surface area contributed by atoms with Crippen molar-refractivity contribution in [2.24, 2.45) is 0 Å². The lowest BCUT2D eigenvalue weighted by Gasteiger charge is -2.10. The Bertz CT molecular complexity index is 859. The van der Waals surface area contributed by atoms with Gasteiger partial charge in [0.25, 0.3) is 5.91 Å². The van der Waals surface area contributed by atoms with Crippen molar-refractivity contribution in [2.45, 2.75) is 31.8 Å². The molecule has 2 heterocycles. The highest BCUT2D eigenvalue weighted by molar-refractivity contribution is 7.98. The van der Waals surface area contributed by atoms with Gasteiger partial charge in [-0.1, -0.05) is 11.8 Å². The van der Waals surface area contributed by atoms with Crippen molar-refractivity contribution in [2.75, 3.05) is 25.3 Å². The number of amides is 1. The Labute approximate surface area is 171 Å². The number of rotatable bonds is 8. The van der Waals surface area contributed by atoms with Crippen LogP contribution in [-0.4, -0.2) is 47.8 Å². The molecule has 0 fully saturated rings. The number of anilines is 1. The molecule has 0 aliphatic rings. The van der Waals surface area contributed by atoms with Crippen LogP contribution in [0.1, 0.15) is 33.0 Å². The van der Waals surface area contributed by atoms with E-state index in [0.717, 1.165) is 28.3 Å². The Morgan fingerprint density at radius 2 is 1.89 bits per heavy atom. The molecule has 0 unspecified atom stereocenters. The molecule has 0 aliphatic carbocycles. The van der Waals surface area contributed by atoms with Gasteiger partial charge < -0.3 is 14.8 Å². The first kappa shape index (κ1) is 21.8. The summed E-state index contributed by atoms with van der Waals surface area (Å²) >= 11 is 2.61. The molecular formula is C18H21N3O5S2. The number of hydrogen-bond acceptors (Lipinski definition) is 9. The Hall–Kier alpha value is -2.46. The van der Waals surface area contributed by atoms with Gasteiger partial charge >= 0.3 is 11.9 Å². The number of methoxy groups -OCH3 is 1. The van der Waals surface area contributed by atoms with E-state index in [-0.39, 0.29) is 11.3 Å². The highest BCUT2D eigenvalue weighted by Crippen LogP contribution is 2.23. The predicted octanol–water partition coefficient (Wildman–Crippen LogP) is 2.78. The topological polar surface area (TPSA) is 107 Å². The maximum Gasteiger partial charge on any atom is 0.350 e. The van der Waals surface area contributed by atoms with Gasteiger partial charge in [-0.25, -0.2) is 14.8 Å². The highest BCUT2D eigenvalue weighted by atomic mass is 32.2. The minimum atomic E-state index is -0.539. The van der Waals surface area contributed by atoms with Gasteiger partial charge in [-0.3, -0.25) is 9.59 Å². The van der Waals surface area contributed by atoms with Crippen LogP contribution in [-0.2, 0) is 25.5 Å². The summed E-state index contributed by atoms with van der Waals surface area (Å²) in [5, 5.41) is 4.88. The van der Waals surface area contributed by atoms with Crippen molar-refractivity contribution in [1.82, 2.24) is 9.97 Å². The molecule has 0 bridgehead atoms. The van der Waals surface area contributed by atoms with E-state index in [2.05, 4.69) is 20.0 Å². The van der Waals surface area contributed by atoms with Gasteiger partial charge in [0.1, 0.15) is 4.88 Å². The Morgan fingerprint density at radius 3 is 2.50 bits per heavy atom. The Balaban J connectivity index is 1.84. The van der Waals surface area contributed by atoms with Crippen molar-refractivity contribution in [3.63, 3.8) is 0 Å². The van der Waals surface area contributed by atoms with E-state index in [1.807, 2.05) is 20.1 Å². The summed E-state index contributed by atoms with van der Waals surface area (Å²) in [4.78, 5) is 44.6. The molecule has 8 nitrogen and oxygen atoms in total. The first-order valence-electron chi connectivity index (χ1n) is 8.35. The molecule has 0 saturated heterocycles. The van der Waals surface area contributed by atoms with Gasteiger partial charge in [-0.05, 0) is 43.5 Å². The van der Waals surface area contributed by atoms with Crippen LogP contribution in [0.3, 0.4) is 0 Å². The van der Waals surface area contributed by atoms with E-state index < -0.39 is 24.5 Å². The van der Waals surface area contributed by atoms with Crippen molar-refractivity contribution >= 4 is 46.6 Å². The normalized spacial score (nSPS) is 10.4. The molecule has 10 heteroatoms. The first-order valence-corrected chi connectivity index (χ1v) is 10.5. The molecular weight excluding hydrogens is 402 g/mol. The van der Waals surface area contributed by atoms with Gasteiger partial charge in [0.15, 0.2) is 11.8 Å². The van der Waals surface area contributed by atoms with Gasteiger partial charge in [-0.15, -0.1) is 11.3 Å². The van der Waals surface area contributed by atoms with E-state index >= 15 is 0 Å². The molecule has 0 saturated carbocycles. The quantitative estimate of drug-likeness (QED) is 0.392. The standard InChI is InChI=1S/C18H21N3O5S2/c1-10-12(11(2)20-18(19-10)27-4)5-6-15(23)26-9-14(22)21-13-7-8-28-16(13)17(24)25-3/h7-8H,5-6,9H2,1-4H3,(H,21,22). The van der Waals surface area contributed by atoms with Gasteiger partial charge in [0.2, 0.25) is 0 Å². The van der Waals surface area contributed by atoms with Crippen LogP contribution in [0.5, 0.6) is 0 Å². The number of ether oxygens (including phenoxy) is 2. The van der Waals surface area contributed by atoms with Crippen molar-refractivity contribution < 1.29 is 23.9 Å². The van der Waals surface area contributed by atoms with Crippen LogP contribution in [0.25, 0.3) is 0 Å². The summed E-state index contributed by atoms with van der Waals surface area (Å²) in [5.41, 5.74) is 2.89. The van der Waals surface area contributed by atoms with E-state index in [1.54, 1.807) is 11.4 Å². The van der Waals surface area contributed by atoms with Crippen LogP contribution >= 0.6 is 23.1 Å². The van der Waals surface area contributed by atoms with E-state index in [4.69, 9.17) is 4.74 Å². The number of thiophene rings is 1. The summed E-state index contributed by atoms with van der Waals surface area (Å²) in [6, 6.07) is 1.58. The van der Waals surface area contributed by atoms with Crippen LogP contribution in [0.2, 0.25) is 0 Å². The summed E-state index contributed by atoms with van der Waals surface area (Å²) in [7, 11) is 1.26. The maximum absolute atomic E-state index is 12.0. The number of aromatic nitrogens is 2. The van der Waals surface area contributed by atoms with Crippen LogP contribution < -0.4 is 5.32 Å². The molecule has 2 aromatic heterocycles. The lowest BCUT2D eigenvalue weighted by Crippen LogP contribution is -2.22. The third-order valence-electron chi connectivity index (χ3n) is 3.84. The fourth-order valence-electron chi connectivity index (χ4n) is 2.45. The summed E-state index contributed by atoms with van der Waals surface area (Å²) in [6.45, 7) is 3.32. The average Bonchev–Trinajstić information content (AvgIpc) is 3.12. The summed E-state index contributed by atoms with van der Waals surface area (Å²) in [5.74, 6) is -1.57. The smallest absolute Gasteiger partial charge is 0.350 e. The minimum Gasteiger partial charge on any atom is -0.465 e. The first-order chi connectivity index (χ1) is 13.3. The van der Waals surface area contributed by atoms with E-state index in [1.165, 1.54) is 18.9 Å². The molecule has 2 rings (SSSR count). The maximum atomic E-state index is 12.0. The third kappa shape index (κ3) is 5.77. The number of hydrogen-bond donors (Lipinski definition) is 1. The molecule has 150 valence electrons. The van der Waals surface area contributed by atoms with Gasteiger partial charge in [-0.2, -0.15) is 0 Å².